The maximum absolute atomic E-state index is 10.5. The highest BCUT2D eigenvalue weighted by Gasteiger charge is 2.26. The maximum atomic E-state index is 10.5. The summed E-state index contributed by atoms with van der Waals surface area (Å²) in [6, 6.07) is 11.4. The largest absolute Gasteiger partial charge is 0.507 e. The molecule has 0 spiro atoms. The van der Waals surface area contributed by atoms with Gasteiger partial charge in [0.2, 0.25) is 5.89 Å². The number of anilines is 1. The first-order valence-electron chi connectivity index (χ1n) is 10.8. The Labute approximate surface area is 185 Å². The summed E-state index contributed by atoms with van der Waals surface area (Å²) in [5.74, 6) is 1.22. The average Bonchev–Trinajstić information content (AvgIpc) is 3.37. The second kappa shape index (κ2) is 7.72. The zero-order valence-electron chi connectivity index (χ0n) is 18.5. The fourth-order valence-electron chi connectivity index (χ4n) is 4.31. The minimum Gasteiger partial charge on any atom is -0.507 e. The van der Waals surface area contributed by atoms with Crippen LogP contribution in [0.3, 0.4) is 0 Å². The van der Waals surface area contributed by atoms with Gasteiger partial charge in [-0.05, 0) is 57.5 Å². The van der Waals surface area contributed by atoms with Crippen LogP contribution < -0.4 is 10.2 Å². The highest BCUT2D eigenvalue weighted by molar-refractivity contribution is 5.86. The van der Waals surface area contributed by atoms with Gasteiger partial charge >= 0.3 is 0 Å². The third kappa shape index (κ3) is 3.99. The summed E-state index contributed by atoms with van der Waals surface area (Å²) in [6.07, 6.45) is 1.09. The van der Waals surface area contributed by atoms with Crippen LogP contribution in [0.15, 0.2) is 40.8 Å². The van der Waals surface area contributed by atoms with Crippen molar-refractivity contribution in [3.8, 4) is 17.0 Å². The van der Waals surface area contributed by atoms with Crippen LogP contribution in [0.25, 0.3) is 33.4 Å². The number of rotatable bonds is 4. The van der Waals surface area contributed by atoms with E-state index in [2.05, 4.69) is 36.0 Å². The number of phenols is 1. The number of hydrogen-bond donors (Lipinski definition) is 3. The van der Waals surface area contributed by atoms with Gasteiger partial charge in [0, 0.05) is 36.3 Å². The van der Waals surface area contributed by atoms with Gasteiger partial charge in [0.25, 0.3) is 0 Å². The van der Waals surface area contributed by atoms with Gasteiger partial charge in [-0.1, -0.05) is 0 Å². The monoisotopic (exact) mass is 433 g/mol. The topological polar surface area (TPSA) is 108 Å². The van der Waals surface area contributed by atoms with Gasteiger partial charge in [-0.2, -0.15) is 0 Å². The van der Waals surface area contributed by atoms with Crippen molar-refractivity contribution < 1.29 is 14.6 Å². The molecular weight excluding hydrogens is 406 g/mol. The number of aliphatic hydroxyl groups excluding tert-OH is 1. The number of aliphatic hydroxyl groups is 1. The van der Waals surface area contributed by atoms with Gasteiger partial charge < -0.3 is 24.8 Å². The number of nitrogens with one attached hydrogen (secondary N) is 1. The summed E-state index contributed by atoms with van der Waals surface area (Å²) in [4.78, 5) is 16.0. The molecule has 1 fully saturated rings. The SMILES string of the molecule is CC(C)(C)NC1CCN(c2ccc3nc(-c4cc5oc(CO)nc5cc4O)ccc3n2)C1. The van der Waals surface area contributed by atoms with Crippen LogP contribution in [0.4, 0.5) is 5.82 Å². The van der Waals surface area contributed by atoms with E-state index in [1.807, 2.05) is 24.3 Å². The number of oxazole rings is 1. The van der Waals surface area contributed by atoms with Gasteiger partial charge in [0.1, 0.15) is 23.7 Å². The van der Waals surface area contributed by atoms with E-state index < -0.39 is 0 Å². The molecule has 0 bridgehead atoms. The Kier molecular flexibility index (Phi) is 4.98. The lowest BCUT2D eigenvalue weighted by Gasteiger charge is -2.26. The third-order valence-corrected chi connectivity index (χ3v) is 5.64. The molecule has 166 valence electrons. The minimum absolute atomic E-state index is 0.0566. The number of fused-ring (bicyclic) bond motifs is 2. The van der Waals surface area contributed by atoms with Crippen molar-refractivity contribution in [2.45, 2.75) is 45.4 Å². The molecule has 8 nitrogen and oxygen atoms in total. The number of benzene rings is 1. The van der Waals surface area contributed by atoms with E-state index >= 15 is 0 Å². The number of aromatic nitrogens is 3. The number of aromatic hydroxyl groups is 1. The molecule has 1 aromatic carbocycles. The second-order valence-corrected chi connectivity index (χ2v) is 9.33. The molecule has 3 N–H and O–H groups in total. The van der Waals surface area contributed by atoms with E-state index in [9.17, 15) is 10.2 Å². The molecule has 32 heavy (non-hydrogen) atoms. The maximum Gasteiger partial charge on any atom is 0.221 e. The van der Waals surface area contributed by atoms with Crippen molar-refractivity contribution in [2.75, 3.05) is 18.0 Å². The molecule has 4 aromatic rings. The lowest BCUT2D eigenvalue weighted by Crippen LogP contribution is -2.44. The Hall–Kier alpha value is -3.23. The normalized spacial score (nSPS) is 17.0. The van der Waals surface area contributed by atoms with Gasteiger partial charge in [0.15, 0.2) is 5.58 Å². The number of hydrogen-bond acceptors (Lipinski definition) is 8. The Morgan fingerprint density at radius 3 is 2.62 bits per heavy atom. The zero-order chi connectivity index (χ0) is 22.5. The van der Waals surface area contributed by atoms with Gasteiger partial charge in [-0.25, -0.2) is 15.0 Å². The Balaban J connectivity index is 1.42. The van der Waals surface area contributed by atoms with Crippen molar-refractivity contribution >= 4 is 28.0 Å². The smallest absolute Gasteiger partial charge is 0.221 e. The Bertz CT molecular complexity index is 1290. The molecule has 0 amide bonds. The minimum atomic E-state index is -0.295. The molecule has 0 aliphatic carbocycles. The van der Waals surface area contributed by atoms with Gasteiger partial charge in [0.05, 0.1) is 16.7 Å². The molecular formula is C24H27N5O3. The molecule has 1 unspecified atom stereocenters. The summed E-state index contributed by atoms with van der Waals surface area (Å²) in [5.41, 5.74) is 3.79. The van der Waals surface area contributed by atoms with Crippen LogP contribution >= 0.6 is 0 Å². The average molecular weight is 434 g/mol. The number of pyridine rings is 2. The van der Waals surface area contributed by atoms with E-state index in [1.165, 1.54) is 6.07 Å². The zero-order valence-corrected chi connectivity index (χ0v) is 18.5. The summed E-state index contributed by atoms with van der Waals surface area (Å²) in [5, 5.41) is 23.4. The molecule has 1 aliphatic rings. The first-order valence-corrected chi connectivity index (χ1v) is 10.8. The van der Waals surface area contributed by atoms with Crippen molar-refractivity contribution in [1.82, 2.24) is 20.3 Å². The Morgan fingerprint density at radius 2 is 1.84 bits per heavy atom. The Morgan fingerprint density at radius 1 is 1.06 bits per heavy atom. The van der Waals surface area contributed by atoms with Crippen molar-refractivity contribution in [2.24, 2.45) is 0 Å². The van der Waals surface area contributed by atoms with E-state index in [0.717, 1.165) is 36.4 Å². The van der Waals surface area contributed by atoms with E-state index in [4.69, 9.17) is 14.4 Å². The van der Waals surface area contributed by atoms with Gasteiger partial charge in [-0.15, -0.1) is 0 Å². The highest BCUT2D eigenvalue weighted by atomic mass is 16.4. The van der Waals surface area contributed by atoms with E-state index in [-0.39, 0.29) is 23.8 Å². The van der Waals surface area contributed by atoms with Crippen LogP contribution in [0.2, 0.25) is 0 Å². The first kappa shape index (κ1) is 20.7. The third-order valence-electron chi connectivity index (χ3n) is 5.64. The fraction of sp³-hybridized carbons (Fsp3) is 0.375. The lowest BCUT2D eigenvalue weighted by atomic mass is 10.1. The molecule has 5 rings (SSSR count). The number of phenolic OH excluding ortho intramolecular Hbond substituents is 1. The molecule has 0 radical (unpaired) electrons. The quantitative estimate of drug-likeness (QED) is 0.448. The van der Waals surface area contributed by atoms with Crippen LogP contribution in [0.5, 0.6) is 5.75 Å². The van der Waals surface area contributed by atoms with Crippen LogP contribution in [0, 0.1) is 0 Å². The molecule has 1 saturated heterocycles. The second-order valence-electron chi connectivity index (χ2n) is 9.33. The summed E-state index contributed by atoms with van der Waals surface area (Å²) >= 11 is 0. The summed E-state index contributed by atoms with van der Waals surface area (Å²) in [6.45, 7) is 8.18. The molecule has 3 aromatic heterocycles. The van der Waals surface area contributed by atoms with Crippen molar-refractivity contribution in [3.63, 3.8) is 0 Å². The van der Waals surface area contributed by atoms with Crippen LogP contribution in [-0.4, -0.2) is 49.8 Å². The van der Waals surface area contributed by atoms with Crippen LogP contribution in [0.1, 0.15) is 33.1 Å². The van der Waals surface area contributed by atoms with Crippen molar-refractivity contribution in [1.29, 1.82) is 0 Å². The molecule has 0 saturated carbocycles. The van der Waals surface area contributed by atoms with Gasteiger partial charge in [-0.3, -0.25) is 0 Å². The number of nitrogens with zero attached hydrogens (tertiary/aromatic N) is 4. The first-order chi connectivity index (χ1) is 15.3. The molecule has 1 atom stereocenters. The molecule has 4 heterocycles. The predicted molar refractivity (Wildman–Crippen MR) is 124 cm³/mol. The predicted octanol–water partition coefficient (Wildman–Crippen LogP) is 3.60. The lowest BCUT2D eigenvalue weighted by molar-refractivity contribution is 0.244. The fourth-order valence-corrected chi connectivity index (χ4v) is 4.31. The van der Waals surface area contributed by atoms with Crippen molar-refractivity contribution in [3.05, 3.63) is 42.3 Å². The molecule has 8 heteroatoms. The summed E-state index contributed by atoms with van der Waals surface area (Å²) < 4.78 is 5.51. The highest BCUT2D eigenvalue weighted by Crippen LogP contribution is 2.33. The summed E-state index contributed by atoms with van der Waals surface area (Å²) in [7, 11) is 0. The standard InChI is InChI=1S/C24H27N5O3/c1-24(2,3)28-14-8-9-29(12-14)22-7-6-17-18(26-22)5-4-16(25-17)15-10-21-19(11-20(15)31)27-23(13-30)32-21/h4-7,10-11,14,28,30-31H,8-9,12-13H2,1-3H3. The molecule has 1 aliphatic heterocycles. The van der Waals surface area contributed by atoms with Crippen LogP contribution in [-0.2, 0) is 6.61 Å². The van der Waals surface area contributed by atoms with E-state index in [1.54, 1.807) is 6.07 Å². The van der Waals surface area contributed by atoms with E-state index in [0.29, 0.717) is 28.4 Å².